The molecule has 0 atom stereocenters. The van der Waals surface area contributed by atoms with Crippen LogP contribution in [0.15, 0.2) is 85.2 Å². The third-order valence-corrected chi connectivity index (χ3v) is 5.54. The van der Waals surface area contributed by atoms with E-state index in [0.29, 0.717) is 4.88 Å². The van der Waals surface area contributed by atoms with Crippen molar-refractivity contribution < 1.29 is 4.79 Å². The van der Waals surface area contributed by atoms with Gasteiger partial charge in [0.05, 0.1) is 10.6 Å². The molecule has 0 unspecified atom stereocenters. The second kappa shape index (κ2) is 6.37. The first-order valence-electron chi connectivity index (χ1n) is 8.60. The molecule has 0 aliphatic heterocycles. The van der Waals surface area contributed by atoms with Gasteiger partial charge >= 0.3 is 0 Å². The summed E-state index contributed by atoms with van der Waals surface area (Å²) in [5.41, 5.74) is 3.49. The highest BCUT2D eigenvalue weighted by Crippen LogP contribution is 2.27. The molecule has 3 aromatic heterocycles. The lowest BCUT2D eigenvalue weighted by Crippen LogP contribution is -2.09. The van der Waals surface area contributed by atoms with E-state index < -0.39 is 0 Å². The van der Waals surface area contributed by atoms with Gasteiger partial charge in [-0.2, -0.15) is 0 Å². The predicted octanol–water partition coefficient (Wildman–Crippen LogP) is 5.47. The number of nitrogens with zero attached hydrogens (tertiary/aromatic N) is 2. The number of carbonyl (C=O) groups is 1. The molecule has 4 nitrogen and oxygen atoms in total. The summed E-state index contributed by atoms with van der Waals surface area (Å²) in [7, 11) is 0. The normalized spacial score (nSPS) is 11.1. The summed E-state index contributed by atoms with van der Waals surface area (Å²) in [6.07, 6.45) is 3.96. The molecule has 5 rings (SSSR count). The Hall–Kier alpha value is -3.44. The van der Waals surface area contributed by atoms with Crippen molar-refractivity contribution in [1.82, 2.24) is 9.38 Å². The fourth-order valence-electron chi connectivity index (χ4n) is 3.12. The van der Waals surface area contributed by atoms with E-state index >= 15 is 0 Å². The number of hydrogen-bond donors (Lipinski definition) is 1. The lowest BCUT2D eigenvalue weighted by Gasteiger charge is -2.05. The van der Waals surface area contributed by atoms with Crippen LogP contribution in [0.25, 0.3) is 27.0 Å². The monoisotopic (exact) mass is 369 g/mol. The smallest absolute Gasteiger partial charge is 0.265 e. The van der Waals surface area contributed by atoms with Crippen LogP contribution in [0.5, 0.6) is 0 Å². The minimum absolute atomic E-state index is 0.0941. The standard InChI is InChI=1S/C22H15N3OS/c26-22(20-13-16-6-1-2-9-19(16)27-20)23-17-8-5-7-15(12-17)18-14-25-11-4-3-10-21(25)24-18/h1-14H,(H,23,26). The average molecular weight is 369 g/mol. The van der Waals surface area contributed by atoms with Gasteiger partial charge in [-0.1, -0.05) is 36.4 Å². The van der Waals surface area contributed by atoms with Gasteiger partial charge in [0.25, 0.3) is 5.91 Å². The molecule has 130 valence electrons. The molecule has 0 spiro atoms. The molecule has 0 aliphatic rings. The van der Waals surface area contributed by atoms with Crippen molar-refractivity contribution >= 4 is 38.7 Å². The number of carbonyl (C=O) groups excluding carboxylic acids is 1. The van der Waals surface area contributed by atoms with Crippen molar-refractivity contribution in [3.63, 3.8) is 0 Å². The van der Waals surface area contributed by atoms with Crippen LogP contribution in [0.1, 0.15) is 9.67 Å². The third kappa shape index (κ3) is 2.98. The summed E-state index contributed by atoms with van der Waals surface area (Å²) < 4.78 is 3.10. The van der Waals surface area contributed by atoms with Gasteiger partial charge in [0.1, 0.15) is 5.65 Å². The Morgan fingerprint density at radius 1 is 0.963 bits per heavy atom. The Balaban J connectivity index is 1.43. The Labute approximate surface area is 159 Å². The van der Waals surface area contributed by atoms with Crippen LogP contribution in [0.3, 0.4) is 0 Å². The van der Waals surface area contributed by atoms with Crippen LogP contribution in [0.2, 0.25) is 0 Å². The topological polar surface area (TPSA) is 46.4 Å². The Morgan fingerprint density at radius 2 is 1.85 bits per heavy atom. The molecular formula is C22H15N3OS. The number of fused-ring (bicyclic) bond motifs is 2. The summed E-state index contributed by atoms with van der Waals surface area (Å²) in [5.74, 6) is -0.0941. The highest BCUT2D eigenvalue weighted by Gasteiger charge is 2.11. The summed E-state index contributed by atoms with van der Waals surface area (Å²) in [4.78, 5) is 18.0. The molecular weight excluding hydrogens is 354 g/mol. The Kier molecular flexibility index (Phi) is 3.73. The molecule has 1 amide bonds. The first-order valence-corrected chi connectivity index (χ1v) is 9.42. The zero-order valence-corrected chi connectivity index (χ0v) is 15.1. The van der Waals surface area contributed by atoms with Crippen molar-refractivity contribution in [2.45, 2.75) is 0 Å². The molecule has 0 bridgehead atoms. The molecule has 0 saturated carbocycles. The Bertz CT molecular complexity index is 1220. The van der Waals surface area contributed by atoms with Crippen molar-refractivity contribution in [3.8, 4) is 11.3 Å². The lowest BCUT2D eigenvalue weighted by atomic mass is 10.1. The second-order valence-corrected chi connectivity index (χ2v) is 7.36. The summed E-state index contributed by atoms with van der Waals surface area (Å²) >= 11 is 1.50. The zero-order chi connectivity index (χ0) is 18.2. The number of rotatable bonds is 3. The summed E-state index contributed by atoms with van der Waals surface area (Å²) in [6, 6.07) is 23.6. The van der Waals surface area contributed by atoms with Gasteiger partial charge in [0.2, 0.25) is 0 Å². The zero-order valence-electron chi connectivity index (χ0n) is 14.3. The second-order valence-electron chi connectivity index (χ2n) is 6.28. The lowest BCUT2D eigenvalue weighted by molar-refractivity contribution is 0.103. The number of pyridine rings is 1. The number of amides is 1. The van der Waals surface area contributed by atoms with E-state index in [4.69, 9.17) is 0 Å². The number of nitrogens with one attached hydrogen (secondary N) is 1. The van der Waals surface area contributed by atoms with E-state index in [1.54, 1.807) is 0 Å². The van der Waals surface area contributed by atoms with Gasteiger partial charge in [-0.3, -0.25) is 4.79 Å². The van der Waals surface area contributed by atoms with Crippen molar-refractivity contribution in [2.75, 3.05) is 5.32 Å². The minimum atomic E-state index is -0.0941. The van der Waals surface area contributed by atoms with Crippen LogP contribution in [-0.2, 0) is 0 Å². The van der Waals surface area contributed by atoms with Gasteiger partial charge in [0, 0.05) is 28.3 Å². The maximum Gasteiger partial charge on any atom is 0.265 e. The van der Waals surface area contributed by atoms with Gasteiger partial charge in [0.15, 0.2) is 0 Å². The highest BCUT2D eigenvalue weighted by molar-refractivity contribution is 7.20. The first-order chi connectivity index (χ1) is 13.3. The summed E-state index contributed by atoms with van der Waals surface area (Å²) in [6.45, 7) is 0. The van der Waals surface area contributed by atoms with Crippen LogP contribution in [0.4, 0.5) is 5.69 Å². The molecule has 0 aliphatic carbocycles. The quantitative estimate of drug-likeness (QED) is 0.458. The molecule has 0 radical (unpaired) electrons. The van der Waals surface area contributed by atoms with E-state index in [1.807, 2.05) is 89.6 Å². The fraction of sp³-hybridized carbons (Fsp3) is 0. The van der Waals surface area contributed by atoms with Gasteiger partial charge < -0.3 is 9.72 Å². The van der Waals surface area contributed by atoms with E-state index in [0.717, 1.165) is 32.7 Å². The van der Waals surface area contributed by atoms with Gasteiger partial charge in [-0.05, 0) is 41.8 Å². The van der Waals surface area contributed by atoms with E-state index in [2.05, 4.69) is 10.3 Å². The number of hydrogen-bond acceptors (Lipinski definition) is 3. The number of anilines is 1. The van der Waals surface area contributed by atoms with Crippen molar-refractivity contribution in [3.05, 3.63) is 90.1 Å². The maximum absolute atomic E-state index is 12.7. The molecule has 5 heteroatoms. The summed E-state index contributed by atoms with van der Waals surface area (Å²) in [5, 5.41) is 4.09. The molecule has 5 aromatic rings. The molecule has 27 heavy (non-hydrogen) atoms. The molecule has 0 saturated heterocycles. The predicted molar refractivity (Wildman–Crippen MR) is 110 cm³/mol. The number of benzene rings is 2. The highest BCUT2D eigenvalue weighted by atomic mass is 32.1. The SMILES string of the molecule is O=C(Nc1cccc(-c2cn3ccccc3n2)c1)c1cc2ccccc2s1. The minimum Gasteiger partial charge on any atom is -0.321 e. The van der Waals surface area contributed by atoms with Crippen molar-refractivity contribution in [1.29, 1.82) is 0 Å². The Morgan fingerprint density at radius 3 is 2.74 bits per heavy atom. The number of thiophene rings is 1. The van der Waals surface area contributed by atoms with Crippen LogP contribution in [0, 0.1) is 0 Å². The van der Waals surface area contributed by atoms with Gasteiger partial charge in [-0.15, -0.1) is 11.3 Å². The largest absolute Gasteiger partial charge is 0.321 e. The first kappa shape index (κ1) is 15.8. The molecule has 1 N–H and O–H groups in total. The molecule has 0 fully saturated rings. The van der Waals surface area contributed by atoms with E-state index in [1.165, 1.54) is 11.3 Å². The molecule has 2 aromatic carbocycles. The number of aromatic nitrogens is 2. The van der Waals surface area contributed by atoms with E-state index in [-0.39, 0.29) is 5.91 Å². The maximum atomic E-state index is 12.7. The van der Waals surface area contributed by atoms with Gasteiger partial charge in [-0.25, -0.2) is 4.98 Å². The molecule has 3 heterocycles. The van der Waals surface area contributed by atoms with E-state index in [9.17, 15) is 4.79 Å². The van der Waals surface area contributed by atoms with Crippen LogP contribution >= 0.6 is 11.3 Å². The van der Waals surface area contributed by atoms with Crippen molar-refractivity contribution in [2.24, 2.45) is 0 Å². The number of imidazole rings is 1. The fourth-order valence-corrected chi connectivity index (χ4v) is 4.07. The third-order valence-electron chi connectivity index (χ3n) is 4.43. The average Bonchev–Trinajstić information content (AvgIpc) is 3.32. The van der Waals surface area contributed by atoms with Crippen LogP contribution in [-0.4, -0.2) is 15.3 Å². The van der Waals surface area contributed by atoms with Crippen LogP contribution < -0.4 is 5.32 Å².